The fourth-order valence-electron chi connectivity index (χ4n) is 2.98. The maximum atomic E-state index is 11.1. The third-order valence-electron chi connectivity index (χ3n) is 4.65. The van der Waals surface area contributed by atoms with Crippen molar-refractivity contribution in [3.63, 3.8) is 0 Å². The highest BCUT2D eigenvalue weighted by atomic mass is 32.1. The molecule has 7 heteroatoms. The number of ether oxygens (including phenoxy) is 3. The summed E-state index contributed by atoms with van der Waals surface area (Å²) >= 11 is 1.55. The second kappa shape index (κ2) is 12.3. The van der Waals surface area contributed by atoms with E-state index in [2.05, 4.69) is 11.6 Å². The Balaban J connectivity index is 2.12. The average Bonchev–Trinajstić information content (AvgIpc) is 3.15. The highest BCUT2D eigenvalue weighted by molar-refractivity contribution is 7.09. The lowest BCUT2D eigenvalue weighted by Crippen LogP contribution is -2.33. The summed E-state index contributed by atoms with van der Waals surface area (Å²) in [6.45, 7) is 8.24. The number of rotatable bonds is 13. The molecule has 0 aliphatic rings. The van der Waals surface area contributed by atoms with Crippen LogP contribution in [0.3, 0.4) is 0 Å². The Morgan fingerprint density at radius 2 is 2.07 bits per heavy atom. The van der Waals surface area contributed by atoms with Gasteiger partial charge in [-0.25, -0.2) is 4.98 Å². The van der Waals surface area contributed by atoms with Crippen molar-refractivity contribution in [1.29, 1.82) is 0 Å². The van der Waals surface area contributed by atoms with Crippen molar-refractivity contribution in [2.24, 2.45) is 0 Å². The number of hydrogen-bond acceptors (Lipinski definition) is 7. The molecule has 0 aliphatic carbocycles. The van der Waals surface area contributed by atoms with Gasteiger partial charge in [0.25, 0.3) is 6.47 Å². The van der Waals surface area contributed by atoms with Crippen LogP contribution in [0.1, 0.15) is 36.0 Å². The van der Waals surface area contributed by atoms with E-state index in [1.165, 1.54) is 0 Å². The van der Waals surface area contributed by atoms with Crippen LogP contribution >= 0.6 is 11.3 Å². The smallest absolute Gasteiger partial charge is 0.293 e. The molecule has 1 aromatic carbocycles. The molecule has 0 saturated carbocycles. The topological polar surface area (TPSA) is 77.9 Å². The molecule has 30 heavy (non-hydrogen) atoms. The molecule has 0 fully saturated rings. The van der Waals surface area contributed by atoms with Crippen LogP contribution in [-0.2, 0) is 20.9 Å². The molecule has 1 aromatic heterocycles. The zero-order chi connectivity index (χ0) is 21.9. The van der Waals surface area contributed by atoms with Crippen LogP contribution in [0, 0.1) is 6.92 Å². The van der Waals surface area contributed by atoms with E-state index in [-0.39, 0.29) is 0 Å². The predicted octanol–water partition coefficient (Wildman–Crippen LogP) is 4.32. The summed E-state index contributed by atoms with van der Waals surface area (Å²) in [7, 11) is 1.61. The molecular weight excluding hydrogens is 402 g/mol. The number of aliphatic hydroxyl groups is 1. The first kappa shape index (κ1) is 23.8. The molecule has 2 rings (SSSR count). The average molecular weight is 432 g/mol. The molecule has 0 radical (unpaired) electrons. The first-order valence-electron chi connectivity index (χ1n) is 9.69. The van der Waals surface area contributed by atoms with Gasteiger partial charge in [-0.3, -0.25) is 4.79 Å². The van der Waals surface area contributed by atoms with Crippen LogP contribution < -0.4 is 4.74 Å². The lowest BCUT2D eigenvalue weighted by molar-refractivity contribution is -0.135. The molecule has 162 valence electrons. The van der Waals surface area contributed by atoms with Crippen molar-refractivity contribution < 1.29 is 24.1 Å². The van der Waals surface area contributed by atoms with E-state index in [1.807, 2.05) is 49.6 Å². The van der Waals surface area contributed by atoms with E-state index in [4.69, 9.17) is 14.2 Å². The lowest BCUT2D eigenvalue weighted by Gasteiger charge is -2.27. The maximum Gasteiger partial charge on any atom is 0.293 e. The van der Waals surface area contributed by atoms with E-state index in [9.17, 15) is 9.90 Å². The van der Waals surface area contributed by atoms with Crippen molar-refractivity contribution >= 4 is 23.9 Å². The Morgan fingerprint density at radius 3 is 2.63 bits per heavy atom. The highest BCUT2D eigenvalue weighted by Gasteiger charge is 2.25. The van der Waals surface area contributed by atoms with E-state index in [0.717, 1.165) is 27.6 Å². The monoisotopic (exact) mass is 431 g/mol. The summed E-state index contributed by atoms with van der Waals surface area (Å²) in [4.78, 5) is 15.5. The maximum absolute atomic E-state index is 11.1. The summed E-state index contributed by atoms with van der Waals surface area (Å²) in [5.74, 6) is 0.763. The molecule has 6 nitrogen and oxygen atoms in total. The van der Waals surface area contributed by atoms with Gasteiger partial charge < -0.3 is 19.3 Å². The minimum absolute atomic E-state index is 0.310. The van der Waals surface area contributed by atoms with E-state index < -0.39 is 18.3 Å². The van der Waals surface area contributed by atoms with Gasteiger partial charge in [-0.2, -0.15) is 0 Å². The van der Waals surface area contributed by atoms with Crippen LogP contribution in [0.15, 0.2) is 47.9 Å². The fourth-order valence-corrected chi connectivity index (χ4v) is 3.55. The molecule has 3 atom stereocenters. The van der Waals surface area contributed by atoms with Gasteiger partial charge in [0.1, 0.15) is 11.9 Å². The van der Waals surface area contributed by atoms with Crippen molar-refractivity contribution in [3.8, 4) is 5.75 Å². The third-order valence-corrected chi connectivity index (χ3v) is 5.44. The van der Waals surface area contributed by atoms with Gasteiger partial charge in [0.05, 0.1) is 36.6 Å². The number of carbonyl (C=O) groups is 1. The van der Waals surface area contributed by atoms with Crippen LogP contribution in [-0.4, -0.2) is 42.0 Å². The fraction of sp³-hybridized carbons (Fsp3) is 0.391. The van der Waals surface area contributed by atoms with Crippen molar-refractivity contribution in [1.82, 2.24) is 4.98 Å². The third kappa shape index (κ3) is 7.40. The Morgan fingerprint density at radius 1 is 1.33 bits per heavy atom. The Labute approximate surface area is 181 Å². The summed E-state index contributed by atoms with van der Waals surface area (Å²) in [6.07, 6.45) is 2.36. The predicted molar refractivity (Wildman–Crippen MR) is 118 cm³/mol. The van der Waals surface area contributed by atoms with Gasteiger partial charge in [-0.1, -0.05) is 18.2 Å². The molecule has 0 amide bonds. The Kier molecular flexibility index (Phi) is 9.73. The quantitative estimate of drug-likeness (QED) is 0.376. The number of carbonyl (C=O) groups excluding carboxylic acids is 1. The van der Waals surface area contributed by atoms with Crippen LogP contribution in [0.5, 0.6) is 5.75 Å². The number of aryl methyl sites for hydroxylation is 1. The van der Waals surface area contributed by atoms with Gasteiger partial charge in [0.2, 0.25) is 0 Å². The Hall–Kier alpha value is -2.48. The first-order valence-corrected chi connectivity index (χ1v) is 10.6. The Bertz CT molecular complexity index is 830. The molecule has 1 heterocycles. The van der Waals surface area contributed by atoms with Gasteiger partial charge in [-0.05, 0) is 49.6 Å². The van der Waals surface area contributed by atoms with Crippen molar-refractivity contribution in [3.05, 3.63) is 64.1 Å². The van der Waals surface area contributed by atoms with E-state index >= 15 is 0 Å². The van der Waals surface area contributed by atoms with Crippen LogP contribution in [0.2, 0.25) is 0 Å². The molecule has 2 aromatic rings. The zero-order valence-electron chi connectivity index (χ0n) is 17.6. The molecule has 0 saturated heterocycles. The minimum Gasteiger partial charge on any atom is -0.497 e. The summed E-state index contributed by atoms with van der Waals surface area (Å²) in [6, 6.07) is 7.53. The van der Waals surface area contributed by atoms with Crippen LogP contribution in [0.4, 0.5) is 0 Å². The zero-order valence-corrected chi connectivity index (χ0v) is 18.4. The number of thiazole rings is 1. The number of hydrogen-bond donors (Lipinski definition) is 1. The lowest BCUT2D eigenvalue weighted by atomic mass is 9.99. The SMILES string of the molecule is C=CC[C@H](O)[C@H](C[C@H](OC=O)/C(C)=C/c1csc(C)n1)OCc1ccc(OC)cc1. The molecule has 0 unspecified atom stereocenters. The second-order valence-electron chi connectivity index (χ2n) is 6.93. The molecule has 1 N–H and O–H groups in total. The number of aromatic nitrogens is 1. The van der Waals surface area contributed by atoms with Crippen LogP contribution in [0.25, 0.3) is 6.08 Å². The van der Waals surface area contributed by atoms with E-state index in [1.54, 1.807) is 24.5 Å². The second-order valence-corrected chi connectivity index (χ2v) is 7.99. The summed E-state index contributed by atoms with van der Waals surface area (Å²) < 4.78 is 16.5. The number of benzene rings is 1. The molecular formula is C23H29NO5S. The van der Waals surface area contributed by atoms with E-state index in [0.29, 0.717) is 25.9 Å². The van der Waals surface area contributed by atoms with Crippen molar-refractivity contribution in [2.45, 2.75) is 51.6 Å². The number of methoxy groups -OCH3 is 1. The molecule has 0 aliphatic heterocycles. The highest BCUT2D eigenvalue weighted by Crippen LogP contribution is 2.22. The number of aliphatic hydroxyl groups excluding tert-OH is 1. The van der Waals surface area contributed by atoms with Gasteiger partial charge in [0, 0.05) is 11.8 Å². The van der Waals surface area contributed by atoms with Crippen molar-refractivity contribution in [2.75, 3.05) is 7.11 Å². The molecule has 0 spiro atoms. The van der Waals surface area contributed by atoms with Gasteiger partial charge >= 0.3 is 0 Å². The largest absolute Gasteiger partial charge is 0.497 e. The summed E-state index contributed by atoms with van der Waals surface area (Å²) in [5, 5.41) is 13.5. The minimum atomic E-state index is -0.771. The normalized spacial score (nSPS) is 14.6. The summed E-state index contributed by atoms with van der Waals surface area (Å²) in [5.41, 5.74) is 2.60. The molecule has 0 bridgehead atoms. The number of nitrogens with zero attached hydrogens (tertiary/aromatic N) is 1. The standard InChI is InChI=1S/C23H29NO5S/c1-5-6-21(26)23(28-13-18-7-9-20(27-4)10-8-18)12-22(29-15-25)16(2)11-19-14-30-17(3)24-19/h5,7-11,14-15,21-23,26H,1,6,12-13H2,2-4H3/b16-11+/t21-,22-,23-/m0/s1. The first-order chi connectivity index (χ1) is 14.5. The van der Waals surface area contributed by atoms with Gasteiger partial charge in [-0.15, -0.1) is 17.9 Å². The van der Waals surface area contributed by atoms with Gasteiger partial charge in [0.15, 0.2) is 0 Å².